The maximum atomic E-state index is 13.6. The second-order valence-electron chi connectivity index (χ2n) is 4.36. The second kappa shape index (κ2) is 6.92. The third kappa shape index (κ3) is 3.84. The molecule has 2 aromatic carbocycles. The van der Waals surface area contributed by atoms with Crippen molar-refractivity contribution in [2.75, 3.05) is 0 Å². The van der Waals surface area contributed by atoms with Crippen molar-refractivity contribution >= 4 is 5.91 Å². The Morgan fingerprint density at radius 2 is 1.71 bits per heavy atom. The molecule has 3 N–H and O–H groups in total. The van der Waals surface area contributed by atoms with E-state index in [4.69, 9.17) is 10.6 Å². The van der Waals surface area contributed by atoms with Crippen LogP contribution in [0.5, 0.6) is 0 Å². The highest BCUT2D eigenvalue weighted by molar-refractivity contribution is 5.93. The molecule has 0 spiro atoms. The van der Waals surface area contributed by atoms with Crippen LogP contribution in [0.4, 0.5) is 8.78 Å². The summed E-state index contributed by atoms with van der Waals surface area (Å²) >= 11 is 0. The van der Waals surface area contributed by atoms with Crippen LogP contribution in [0, 0.1) is 11.6 Å². The largest absolute Gasteiger partial charge is 0.372 e. The van der Waals surface area contributed by atoms with E-state index in [0.29, 0.717) is 5.56 Å². The Morgan fingerprint density at radius 3 is 2.43 bits per heavy atom. The summed E-state index contributed by atoms with van der Waals surface area (Å²) in [5, 5.41) is 0. The van der Waals surface area contributed by atoms with Crippen molar-refractivity contribution in [1.82, 2.24) is 5.43 Å². The first-order valence-electron chi connectivity index (χ1n) is 6.22. The lowest BCUT2D eigenvalue weighted by atomic mass is 10.1. The molecule has 0 unspecified atom stereocenters. The molecule has 0 aromatic heterocycles. The number of hydrogen-bond donors (Lipinski definition) is 2. The molecule has 0 radical (unpaired) electrons. The van der Waals surface area contributed by atoms with Gasteiger partial charge in [-0.25, -0.2) is 14.6 Å². The average Bonchev–Trinajstić information content (AvgIpc) is 2.50. The van der Waals surface area contributed by atoms with Gasteiger partial charge in [-0.05, 0) is 24.3 Å². The lowest BCUT2D eigenvalue weighted by Gasteiger charge is -2.08. The zero-order valence-electron chi connectivity index (χ0n) is 11.1. The molecule has 0 saturated carbocycles. The van der Waals surface area contributed by atoms with E-state index < -0.39 is 11.7 Å². The summed E-state index contributed by atoms with van der Waals surface area (Å²) in [5.41, 5.74) is 2.78. The minimum atomic E-state index is -0.523. The molecule has 0 saturated heterocycles. The standard InChI is InChI=1S/C15H14F2N2O2/c16-13-4-2-1-3-11(13)8-21-9-12-7-10(15(20)19-18)5-6-14(12)17/h1-7H,8-9,18H2,(H,19,20). The van der Waals surface area contributed by atoms with Gasteiger partial charge in [-0.15, -0.1) is 0 Å². The van der Waals surface area contributed by atoms with Crippen LogP contribution in [-0.2, 0) is 18.0 Å². The van der Waals surface area contributed by atoms with E-state index in [1.165, 1.54) is 18.2 Å². The number of ether oxygens (including phenoxy) is 1. The number of carbonyl (C=O) groups excluding carboxylic acids is 1. The van der Waals surface area contributed by atoms with Crippen LogP contribution >= 0.6 is 0 Å². The SMILES string of the molecule is NNC(=O)c1ccc(F)c(COCc2ccccc2F)c1. The molecule has 1 amide bonds. The van der Waals surface area contributed by atoms with Crippen LogP contribution in [0.15, 0.2) is 42.5 Å². The predicted octanol–water partition coefficient (Wildman–Crippen LogP) is 2.29. The zero-order chi connectivity index (χ0) is 15.2. The number of hydrogen-bond acceptors (Lipinski definition) is 3. The monoisotopic (exact) mass is 292 g/mol. The van der Waals surface area contributed by atoms with Gasteiger partial charge in [0.25, 0.3) is 5.91 Å². The molecule has 110 valence electrons. The number of benzene rings is 2. The van der Waals surface area contributed by atoms with E-state index in [-0.39, 0.29) is 30.2 Å². The molecule has 2 rings (SSSR count). The quantitative estimate of drug-likeness (QED) is 0.505. The minimum absolute atomic E-state index is 0.0133. The summed E-state index contributed by atoms with van der Waals surface area (Å²) in [6.45, 7) is -0.0642. The van der Waals surface area contributed by atoms with Crippen LogP contribution in [-0.4, -0.2) is 5.91 Å². The van der Waals surface area contributed by atoms with E-state index in [9.17, 15) is 13.6 Å². The molecule has 0 bridgehead atoms. The summed E-state index contributed by atoms with van der Waals surface area (Å²) < 4.78 is 32.3. The van der Waals surface area contributed by atoms with Crippen LogP contribution in [0.3, 0.4) is 0 Å². The third-order valence-electron chi connectivity index (χ3n) is 2.91. The zero-order valence-corrected chi connectivity index (χ0v) is 11.1. The van der Waals surface area contributed by atoms with Crippen molar-refractivity contribution in [2.45, 2.75) is 13.2 Å². The van der Waals surface area contributed by atoms with Gasteiger partial charge in [-0.2, -0.15) is 0 Å². The molecule has 0 aliphatic carbocycles. The number of nitrogens with two attached hydrogens (primary N) is 1. The van der Waals surface area contributed by atoms with E-state index in [1.54, 1.807) is 18.2 Å². The average molecular weight is 292 g/mol. The van der Waals surface area contributed by atoms with Gasteiger partial charge < -0.3 is 4.74 Å². The van der Waals surface area contributed by atoms with Gasteiger partial charge in [0.2, 0.25) is 0 Å². The van der Waals surface area contributed by atoms with Crippen molar-refractivity contribution < 1.29 is 18.3 Å². The van der Waals surface area contributed by atoms with Crippen molar-refractivity contribution in [3.05, 3.63) is 70.8 Å². The van der Waals surface area contributed by atoms with Crippen molar-refractivity contribution in [3.63, 3.8) is 0 Å². The first-order valence-corrected chi connectivity index (χ1v) is 6.22. The summed E-state index contributed by atoms with van der Waals surface area (Å²) in [6.07, 6.45) is 0. The van der Waals surface area contributed by atoms with Crippen LogP contribution in [0.25, 0.3) is 0 Å². The van der Waals surface area contributed by atoms with Gasteiger partial charge in [0, 0.05) is 16.7 Å². The first kappa shape index (κ1) is 15.1. The Hall–Kier alpha value is -2.31. The number of halogens is 2. The Morgan fingerprint density at radius 1 is 1.05 bits per heavy atom. The summed E-state index contributed by atoms with van der Waals surface area (Å²) in [6, 6.07) is 10.0. The third-order valence-corrected chi connectivity index (χ3v) is 2.91. The normalized spacial score (nSPS) is 10.4. The summed E-state index contributed by atoms with van der Waals surface area (Å²) in [5.74, 6) is 3.61. The van der Waals surface area contributed by atoms with Crippen LogP contribution in [0.2, 0.25) is 0 Å². The molecule has 4 nitrogen and oxygen atoms in total. The Kier molecular flexibility index (Phi) is 4.97. The molecule has 0 aliphatic heterocycles. The molecule has 0 heterocycles. The predicted molar refractivity (Wildman–Crippen MR) is 72.9 cm³/mol. The van der Waals surface area contributed by atoms with Gasteiger partial charge >= 0.3 is 0 Å². The molecule has 21 heavy (non-hydrogen) atoms. The van der Waals surface area contributed by atoms with Crippen LogP contribution < -0.4 is 11.3 Å². The molecule has 2 aromatic rings. The van der Waals surface area contributed by atoms with Gasteiger partial charge in [0.1, 0.15) is 11.6 Å². The fraction of sp³-hybridized carbons (Fsp3) is 0.133. The van der Waals surface area contributed by atoms with Crippen molar-refractivity contribution in [3.8, 4) is 0 Å². The number of nitrogen functional groups attached to an aromatic ring is 1. The van der Waals surface area contributed by atoms with Gasteiger partial charge in [-0.1, -0.05) is 18.2 Å². The van der Waals surface area contributed by atoms with E-state index in [0.717, 1.165) is 6.07 Å². The topological polar surface area (TPSA) is 64.3 Å². The van der Waals surface area contributed by atoms with E-state index in [2.05, 4.69) is 0 Å². The van der Waals surface area contributed by atoms with E-state index >= 15 is 0 Å². The van der Waals surface area contributed by atoms with Gasteiger partial charge in [-0.3, -0.25) is 10.2 Å². The number of hydrazine groups is 1. The maximum absolute atomic E-state index is 13.6. The second-order valence-corrected chi connectivity index (χ2v) is 4.36. The molecule has 0 aliphatic rings. The fourth-order valence-corrected chi connectivity index (χ4v) is 1.80. The first-order chi connectivity index (χ1) is 10.1. The lowest BCUT2D eigenvalue weighted by molar-refractivity contribution is 0.0950. The van der Waals surface area contributed by atoms with E-state index in [1.807, 2.05) is 5.43 Å². The van der Waals surface area contributed by atoms with Gasteiger partial charge in [0.15, 0.2) is 0 Å². The lowest BCUT2D eigenvalue weighted by Crippen LogP contribution is -2.30. The maximum Gasteiger partial charge on any atom is 0.265 e. The number of carbonyl (C=O) groups is 1. The molecule has 6 heteroatoms. The van der Waals surface area contributed by atoms with Crippen molar-refractivity contribution in [1.29, 1.82) is 0 Å². The Balaban J connectivity index is 2.03. The molecular formula is C15H14F2N2O2. The summed E-state index contributed by atoms with van der Waals surface area (Å²) in [4.78, 5) is 11.4. The highest BCUT2D eigenvalue weighted by Gasteiger charge is 2.09. The highest BCUT2D eigenvalue weighted by atomic mass is 19.1. The number of nitrogens with one attached hydrogen (secondary N) is 1. The number of amides is 1. The minimum Gasteiger partial charge on any atom is -0.372 e. The summed E-state index contributed by atoms with van der Waals surface area (Å²) in [7, 11) is 0. The Labute approximate surface area is 120 Å². The van der Waals surface area contributed by atoms with Crippen LogP contribution in [0.1, 0.15) is 21.5 Å². The molecular weight excluding hydrogens is 278 g/mol. The molecule has 0 fully saturated rings. The van der Waals surface area contributed by atoms with Gasteiger partial charge in [0.05, 0.1) is 13.2 Å². The molecule has 0 atom stereocenters. The smallest absolute Gasteiger partial charge is 0.265 e. The van der Waals surface area contributed by atoms with Crippen molar-refractivity contribution in [2.24, 2.45) is 5.84 Å². The fourth-order valence-electron chi connectivity index (χ4n) is 1.80. The highest BCUT2D eigenvalue weighted by Crippen LogP contribution is 2.14. The number of rotatable bonds is 5. The Bertz CT molecular complexity index is 647.